The lowest BCUT2D eigenvalue weighted by Gasteiger charge is -2.28. The summed E-state index contributed by atoms with van der Waals surface area (Å²) < 4.78 is 52.8. The first-order valence-electron chi connectivity index (χ1n) is 42.2. The minimum absolute atomic E-state index is 0.0207. The lowest BCUT2D eigenvalue weighted by Crippen LogP contribution is -2.29. The molecule has 4 saturated heterocycles. The first-order chi connectivity index (χ1) is 62.7. The van der Waals surface area contributed by atoms with Crippen molar-refractivity contribution >= 4 is 46.9 Å². The van der Waals surface area contributed by atoms with E-state index in [1.165, 1.54) is 121 Å². The Morgan fingerprint density at radius 3 is 0.700 bits per heavy atom. The van der Waals surface area contributed by atoms with Crippen molar-refractivity contribution in [2.45, 2.75) is 124 Å². The van der Waals surface area contributed by atoms with Crippen LogP contribution in [0.25, 0.3) is 11.1 Å². The Balaban J connectivity index is 0.000000140. The van der Waals surface area contributed by atoms with E-state index < -0.39 is 72.8 Å². The van der Waals surface area contributed by atoms with Gasteiger partial charge in [-0.25, -0.2) is 36.7 Å². The van der Waals surface area contributed by atoms with Crippen LogP contribution in [0.4, 0.5) is 59.5 Å². The predicted molar refractivity (Wildman–Crippen MR) is 483 cm³/mol. The number of benzene rings is 13. The van der Waals surface area contributed by atoms with Crippen LogP contribution in [-0.2, 0) is 0 Å². The van der Waals surface area contributed by atoms with E-state index in [9.17, 15) is 98.0 Å². The number of aliphatic hydroxyl groups excluding tert-OH is 4. The highest BCUT2D eigenvalue weighted by Crippen LogP contribution is 2.47. The molecule has 28 heteroatoms. The van der Waals surface area contributed by atoms with E-state index in [0.717, 1.165) is 11.1 Å². The van der Waals surface area contributed by atoms with Gasteiger partial charge in [0, 0.05) is 63.2 Å². The highest BCUT2D eigenvalue weighted by molar-refractivity contribution is 5.98. The van der Waals surface area contributed by atoms with Crippen molar-refractivity contribution in [3.63, 3.8) is 0 Å². The molecule has 17 rings (SSSR count). The number of carbonyl (C=O) groups excluding carboxylic acids is 4. The molecule has 0 saturated carbocycles. The van der Waals surface area contributed by atoms with Crippen LogP contribution in [0.15, 0.2) is 315 Å². The summed E-state index contributed by atoms with van der Waals surface area (Å²) in [7, 11) is 0. The number of urea groups is 4. The molecule has 7 unspecified atom stereocenters. The first-order valence-corrected chi connectivity index (χ1v) is 42.2. The number of para-hydroxylation sites is 4. The molecule has 0 spiro atoms. The molecule has 4 fully saturated rings. The van der Waals surface area contributed by atoms with E-state index in [0.29, 0.717) is 119 Å². The van der Waals surface area contributed by atoms with Crippen molar-refractivity contribution in [1.29, 1.82) is 0 Å². The van der Waals surface area contributed by atoms with Gasteiger partial charge in [-0.15, -0.1) is 0 Å². The number of rotatable bonds is 25. The second kappa shape index (κ2) is 41.6. The van der Waals surface area contributed by atoms with E-state index in [2.05, 4.69) is 21.3 Å². The van der Waals surface area contributed by atoms with E-state index in [-0.39, 0.29) is 93.4 Å². The average Bonchev–Trinajstić information content (AvgIpc) is 1.66. The Morgan fingerprint density at radius 2 is 0.469 bits per heavy atom. The third-order valence-corrected chi connectivity index (χ3v) is 23.4. The first kappa shape index (κ1) is 91.1. The topological polar surface area (TPSA) is 372 Å². The number of nitrogens with zero attached hydrogens (tertiary/aromatic N) is 4. The fourth-order valence-corrected chi connectivity index (χ4v) is 17.0. The van der Waals surface area contributed by atoms with Crippen molar-refractivity contribution in [1.82, 2.24) is 21.3 Å². The molecule has 0 aliphatic carbocycles. The SMILES string of the molecule is O=C1NC(CCC(O)c2ccc(F)cc2)C(c2ccc(-c3cccc(O)c3)cc2O)N1c1ccccc1.O=C1NC(CCC(O)c2ccc(F)cc2)C(c2ccc(O)cc2O)N1c1ccccc1.O=C1N[C@@H](CCC(O)c2ccc(F)cc2)[C@@H](c2ccc(O)cc2O)N1c1ccccc1.O=C1N[C@@H](CC[C@H](O)c2ccc(F)cc2)[C@@H](c2ccc(O)cc2O)N1c1ccccc1. The van der Waals surface area contributed by atoms with Crippen molar-refractivity contribution < 1.29 is 98.0 Å². The maximum atomic E-state index is 13.3. The number of nitrogens with one attached hydrogen (secondary N) is 4. The fourth-order valence-electron chi connectivity index (χ4n) is 17.0. The number of amides is 8. The molecular weight excluding hydrogens is 1670 g/mol. The summed E-state index contributed by atoms with van der Waals surface area (Å²) in [6.45, 7) is 0. The monoisotopic (exact) mass is 1760 g/mol. The van der Waals surface area contributed by atoms with Crippen LogP contribution in [0.2, 0.25) is 0 Å². The Labute approximate surface area is 746 Å². The summed E-state index contributed by atoms with van der Waals surface area (Å²) in [5, 5.41) is 136. The van der Waals surface area contributed by atoms with Crippen molar-refractivity contribution in [2.75, 3.05) is 19.6 Å². The maximum absolute atomic E-state index is 13.3. The number of aromatic hydroxyl groups is 8. The van der Waals surface area contributed by atoms with E-state index >= 15 is 0 Å². The molecule has 0 aromatic heterocycles. The van der Waals surface area contributed by atoms with E-state index in [1.807, 2.05) is 97.1 Å². The van der Waals surface area contributed by atoms with Gasteiger partial charge < -0.3 is 82.5 Å². The molecule has 0 bridgehead atoms. The number of phenolic OH excluding ortho intramolecular Hbond substituents is 8. The summed E-state index contributed by atoms with van der Waals surface area (Å²) in [5.74, 6) is -1.93. The zero-order valence-electron chi connectivity index (χ0n) is 69.9. The standard InChI is InChI=1S/C30H27FN2O4.3C24H23FN2O4/c31-22-12-9-19(10-13-22)27(35)16-15-26-29(33(30(37)32-26)23-6-2-1-3-7-23)25-14-11-21(18-28(25)36)20-5-4-8-24(34)17-20;3*25-16-8-6-15(7-9-16)21(29)13-12-20-23(19-11-10-18(28)14-22(19)30)27(24(31)26-20)17-4-2-1-3-5-17/h1-14,17-18,26-27,29,34-36H,15-16H2,(H,32,37);3*1-11,14,20-21,23,28-30H,12-13H2,(H,26,31)/t;20-,21?,23+;20-,21-,23+;/m.00./s1. The fraction of sp³-hybridized carbons (Fsp3) is 0.196. The quantitative estimate of drug-likeness (QED) is 0.0236. The number of carbonyl (C=O) groups is 4. The lowest BCUT2D eigenvalue weighted by atomic mass is 9.91. The number of hydrogen-bond donors (Lipinski definition) is 16. The van der Waals surface area contributed by atoms with Crippen LogP contribution in [0, 0.1) is 23.3 Å². The Morgan fingerprint density at radius 1 is 0.246 bits per heavy atom. The number of phenols is 8. The molecule has 16 N–H and O–H groups in total. The van der Waals surface area contributed by atoms with Crippen LogP contribution in [-0.4, -0.2) is 110 Å². The second-order valence-electron chi connectivity index (χ2n) is 32.0. The third kappa shape index (κ3) is 21.8. The maximum Gasteiger partial charge on any atom is 0.322 e. The molecule has 4 aliphatic rings. The van der Waals surface area contributed by atoms with Gasteiger partial charge in [-0.3, -0.25) is 19.6 Å². The summed E-state index contributed by atoms with van der Waals surface area (Å²) in [6.07, 6.45) is -0.310. The summed E-state index contributed by atoms with van der Waals surface area (Å²) in [5.41, 5.74) is 8.56. The van der Waals surface area contributed by atoms with Crippen LogP contribution in [0.3, 0.4) is 0 Å². The highest BCUT2D eigenvalue weighted by Gasteiger charge is 2.47. The van der Waals surface area contributed by atoms with Gasteiger partial charge >= 0.3 is 24.1 Å². The average molecular weight is 1770 g/mol. The second-order valence-corrected chi connectivity index (χ2v) is 32.0. The predicted octanol–water partition coefficient (Wildman–Crippen LogP) is 19.2. The van der Waals surface area contributed by atoms with Gasteiger partial charge in [-0.05, 0) is 236 Å². The number of hydrogen-bond acceptors (Lipinski definition) is 16. The van der Waals surface area contributed by atoms with Crippen LogP contribution < -0.4 is 40.9 Å². The molecule has 8 amide bonds. The molecule has 12 atom stereocenters. The number of anilines is 4. The molecule has 668 valence electrons. The Kier molecular flexibility index (Phi) is 29.1. The van der Waals surface area contributed by atoms with Crippen molar-refractivity contribution in [2.24, 2.45) is 0 Å². The molecular formula is C102H96F4N8O16. The van der Waals surface area contributed by atoms with Gasteiger partial charge in [0.1, 0.15) is 69.3 Å². The molecule has 4 heterocycles. The Bertz CT molecular complexity index is 5620. The third-order valence-electron chi connectivity index (χ3n) is 23.4. The molecule has 0 radical (unpaired) electrons. The van der Waals surface area contributed by atoms with Gasteiger partial charge in [0.2, 0.25) is 0 Å². The minimum atomic E-state index is -0.828. The van der Waals surface area contributed by atoms with Gasteiger partial charge in [-0.2, -0.15) is 0 Å². The largest absolute Gasteiger partial charge is 0.508 e. The van der Waals surface area contributed by atoms with Crippen molar-refractivity contribution in [3.05, 3.63) is 383 Å². The molecule has 130 heavy (non-hydrogen) atoms. The summed E-state index contributed by atoms with van der Waals surface area (Å²) >= 11 is 0. The van der Waals surface area contributed by atoms with Crippen molar-refractivity contribution in [3.8, 4) is 57.1 Å². The molecule has 13 aromatic rings. The van der Waals surface area contributed by atoms with Crippen LogP contribution in [0.5, 0.6) is 46.0 Å². The number of aliphatic hydroxyl groups is 4. The van der Waals surface area contributed by atoms with E-state index in [4.69, 9.17) is 0 Å². The van der Waals surface area contributed by atoms with Gasteiger partial charge in [0.15, 0.2) is 0 Å². The van der Waals surface area contributed by atoms with Gasteiger partial charge in [-0.1, -0.05) is 146 Å². The zero-order valence-corrected chi connectivity index (χ0v) is 69.9. The summed E-state index contributed by atoms with van der Waals surface area (Å²) in [6, 6.07) is 79.1. The van der Waals surface area contributed by atoms with Crippen LogP contribution >= 0.6 is 0 Å². The zero-order chi connectivity index (χ0) is 91.8. The molecule has 13 aromatic carbocycles. The van der Waals surface area contributed by atoms with Gasteiger partial charge in [0.05, 0.1) is 72.8 Å². The lowest BCUT2D eigenvalue weighted by molar-refractivity contribution is 0.159. The smallest absolute Gasteiger partial charge is 0.322 e. The highest BCUT2D eigenvalue weighted by atomic mass is 19.1. The number of halogens is 4. The Hall–Kier alpha value is -15.1. The minimum Gasteiger partial charge on any atom is -0.508 e. The van der Waals surface area contributed by atoms with Gasteiger partial charge in [0.25, 0.3) is 0 Å². The van der Waals surface area contributed by atoms with Crippen LogP contribution in [0.1, 0.15) is 144 Å². The molecule has 24 nitrogen and oxygen atoms in total. The molecule has 4 aliphatic heterocycles. The normalized spacial score (nSPS) is 18.9. The summed E-state index contributed by atoms with van der Waals surface area (Å²) in [4.78, 5) is 58.1. The van der Waals surface area contributed by atoms with E-state index in [1.54, 1.807) is 117 Å².